The highest BCUT2D eigenvalue weighted by Gasteiger charge is 2.19. The van der Waals surface area contributed by atoms with Crippen LogP contribution < -0.4 is 5.32 Å². The SMILES string of the molecule is Cc1ccc(C(=O)NC(C)c2nnnn2-c2ccc(Br)cc2)cc1C. The highest BCUT2D eigenvalue weighted by atomic mass is 79.9. The van der Waals surface area contributed by atoms with Crippen LogP contribution in [0.15, 0.2) is 46.9 Å². The van der Waals surface area contributed by atoms with Crippen molar-refractivity contribution < 1.29 is 4.79 Å². The van der Waals surface area contributed by atoms with Gasteiger partial charge in [0, 0.05) is 10.0 Å². The van der Waals surface area contributed by atoms with Gasteiger partial charge in [-0.25, -0.2) is 0 Å². The van der Waals surface area contributed by atoms with Crippen molar-refractivity contribution in [2.45, 2.75) is 26.8 Å². The van der Waals surface area contributed by atoms with E-state index in [4.69, 9.17) is 0 Å². The van der Waals surface area contributed by atoms with Crippen molar-refractivity contribution in [3.05, 3.63) is 69.5 Å². The number of halogens is 1. The number of hydrogen-bond donors (Lipinski definition) is 1. The molecule has 0 bridgehead atoms. The lowest BCUT2D eigenvalue weighted by Crippen LogP contribution is -2.28. The number of carbonyl (C=O) groups is 1. The van der Waals surface area contributed by atoms with Gasteiger partial charge in [0.25, 0.3) is 5.91 Å². The second-order valence-electron chi connectivity index (χ2n) is 5.92. The first-order valence-electron chi connectivity index (χ1n) is 7.88. The molecule has 25 heavy (non-hydrogen) atoms. The minimum Gasteiger partial charge on any atom is -0.342 e. The first-order valence-corrected chi connectivity index (χ1v) is 8.67. The Kier molecular flexibility index (Phi) is 4.94. The maximum Gasteiger partial charge on any atom is 0.251 e. The Labute approximate surface area is 154 Å². The summed E-state index contributed by atoms with van der Waals surface area (Å²) in [6, 6.07) is 13.0. The third kappa shape index (κ3) is 3.76. The molecule has 0 aliphatic rings. The smallest absolute Gasteiger partial charge is 0.251 e. The van der Waals surface area contributed by atoms with E-state index in [1.165, 1.54) is 0 Å². The summed E-state index contributed by atoms with van der Waals surface area (Å²) >= 11 is 3.41. The maximum absolute atomic E-state index is 12.5. The molecule has 7 heteroatoms. The Bertz CT molecular complexity index is 904. The number of carbonyl (C=O) groups excluding carboxylic acids is 1. The molecule has 6 nitrogen and oxygen atoms in total. The van der Waals surface area contributed by atoms with Gasteiger partial charge in [0.05, 0.1) is 11.7 Å². The van der Waals surface area contributed by atoms with Crippen molar-refractivity contribution in [2.75, 3.05) is 0 Å². The largest absolute Gasteiger partial charge is 0.342 e. The first-order chi connectivity index (χ1) is 12.0. The van der Waals surface area contributed by atoms with Crippen LogP contribution in [0.1, 0.15) is 40.3 Å². The average Bonchev–Trinajstić information content (AvgIpc) is 3.07. The van der Waals surface area contributed by atoms with Crippen LogP contribution in [0, 0.1) is 13.8 Å². The fourth-order valence-corrected chi connectivity index (χ4v) is 2.72. The van der Waals surface area contributed by atoms with Crippen LogP contribution >= 0.6 is 15.9 Å². The molecule has 0 spiro atoms. The Balaban J connectivity index is 1.81. The van der Waals surface area contributed by atoms with Gasteiger partial charge >= 0.3 is 0 Å². The van der Waals surface area contributed by atoms with E-state index in [0.29, 0.717) is 11.4 Å². The molecule has 0 aliphatic carbocycles. The number of nitrogens with one attached hydrogen (secondary N) is 1. The normalized spacial score (nSPS) is 12.0. The summed E-state index contributed by atoms with van der Waals surface area (Å²) in [5.74, 6) is 0.417. The van der Waals surface area contributed by atoms with Crippen LogP contribution in [0.25, 0.3) is 5.69 Å². The van der Waals surface area contributed by atoms with Gasteiger partial charge < -0.3 is 5.32 Å². The minimum atomic E-state index is -0.340. The molecule has 3 rings (SSSR count). The molecule has 1 N–H and O–H groups in total. The summed E-state index contributed by atoms with van der Waals surface area (Å²) in [5.41, 5.74) is 3.69. The van der Waals surface area contributed by atoms with Crippen LogP contribution in [0.2, 0.25) is 0 Å². The van der Waals surface area contributed by atoms with Gasteiger partial charge in [-0.3, -0.25) is 4.79 Å². The van der Waals surface area contributed by atoms with Crippen molar-refractivity contribution in [2.24, 2.45) is 0 Å². The second kappa shape index (κ2) is 7.14. The van der Waals surface area contributed by atoms with E-state index in [2.05, 4.69) is 36.8 Å². The maximum atomic E-state index is 12.5. The van der Waals surface area contributed by atoms with Crippen LogP contribution in [0.5, 0.6) is 0 Å². The van der Waals surface area contributed by atoms with Crippen LogP contribution in [0.4, 0.5) is 0 Å². The zero-order valence-corrected chi connectivity index (χ0v) is 15.8. The van der Waals surface area contributed by atoms with E-state index in [1.54, 1.807) is 4.68 Å². The molecule has 1 atom stereocenters. The number of tetrazole rings is 1. The molecule has 0 saturated carbocycles. The molecule has 128 valence electrons. The molecule has 3 aromatic rings. The van der Waals surface area contributed by atoms with Crippen molar-refractivity contribution in [3.8, 4) is 5.69 Å². The number of amides is 1. The number of hydrogen-bond acceptors (Lipinski definition) is 4. The third-order valence-corrected chi connectivity index (χ3v) is 4.60. The lowest BCUT2D eigenvalue weighted by molar-refractivity contribution is 0.0938. The van der Waals surface area contributed by atoms with E-state index < -0.39 is 0 Å². The molecule has 0 saturated heterocycles. The lowest BCUT2D eigenvalue weighted by Gasteiger charge is -2.14. The van der Waals surface area contributed by atoms with Crippen LogP contribution in [-0.4, -0.2) is 26.1 Å². The van der Waals surface area contributed by atoms with Crippen molar-refractivity contribution in [1.82, 2.24) is 25.5 Å². The summed E-state index contributed by atoms with van der Waals surface area (Å²) < 4.78 is 2.60. The third-order valence-electron chi connectivity index (χ3n) is 4.07. The molecule has 0 radical (unpaired) electrons. The van der Waals surface area contributed by atoms with Gasteiger partial charge in [-0.1, -0.05) is 22.0 Å². The first kappa shape index (κ1) is 17.3. The van der Waals surface area contributed by atoms with Gasteiger partial charge in [-0.2, -0.15) is 4.68 Å². The summed E-state index contributed by atoms with van der Waals surface area (Å²) in [4.78, 5) is 12.5. The van der Waals surface area contributed by atoms with E-state index in [0.717, 1.165) is 21.3 Å². The molecule has 1 unspecified atom stereocenters. The molecule has 1 heterocycles. The molecule has 2 aromatic carbocycles. The van der Waals surface area contributed by atoms with E-state index in [9.17, 15) is 4.79 Å². The summed E-state index contributed by atoms with van der Waals surface area (Å²) in [6.45, 7) is 5.87. The molecular formula is C18H18BrN5O. The molecular weight excluding hydrogens is 382 g/mol. The zero-order valence-electron chi connectivity index (χ0n) is 14.2. The fourth-order valence-electron chi connectivity index (χ4n) is 2.46. The highest BCUT2D eigenvalue weighted by molar-refractivity contribution is 9.10. The predicted molar refractivity (Wildman–Crippen MR) is 98.7 cm³/mol. The quantitative estimate of drug-likeness (QED) is 0.727. The number of aromatic nitrogens is 4. The number of benzene rings is 2. The van der Waals surface area contributed by atoms with Crippen molar-refractivity contribution in [3.63, 3.8) is 0 Å². The monoisotopic (exact) mass is 399 g/mol. The van der Waals surface area contributed by atoms with Crippen LogP contribution in [-0.2, 0) is 0 Å². The summed E-state index contributed by atoms with van der Waals surface area (Å²) in [5, 5.41) is 14.8. The van der Waals surface area contributed by atoms with Crippen molar-refractivity contribution in [1.29, 1.82) is 0 Å². The fraction of sp³-hybridized carbons (Fsp3) is 0.222. The Hall–Kier alpha value is -2.54. The molecule has 1 amide bonds. The summed E-state index contributed by atoms with van der Waals surface area (Å²) in [7, 11) is 0. The van der Waals surface area contributed by atoms with Gasteiger partial charge in [0.15, 0.2) is 5.82 Å². The van der Waals surface area contributed by atoms with Gasteiger partial charge in [0.1, 0.15) is 0 Å². The average molecular weight is 400 g/mol. The van der Waals surface area contributed by atoms with Gasteiger partial charge in [-0.05, 0) is 78.7 Å². The Morgan fingerprint density at radius 1 is 1.12 bits per heavy atom. The van der Waals surface area contributed by atoms with E-state index >= 15 is 0 Å². The molecule has 0 fully saturated rings. The minimum absolute atomic E-state index is 0.152. The number of nitrogens with zero attached hydrogens (tertiary/aromatic N) is 4. The Morgan fingerprint density at radius 3 is 2.52 bits per heavy atom. The topological polar surface area (TPSA) is 72.7 Å². The van der Waals surface area contributed by atoms with Gasteiger partial charge in [-0.15, -0.1) is 5.10 Å². The second-order valence-corrected chi connectivity index (χ2v) is 6.84. The lowest BCUT2D eigenvalue weighted by atomic mass is 10.1. The number of aryl methyl sites for hydroxylation is 2. The summed E-state index contributed by atoms with van der Waals surface area (Å²) in [6.07, 6.45) is 0. The zero-order chi connectivity index (χ0) is 18.0. The standard InChI is InChI=1S/C18H18BrN5O/c1-11-4-5-14(10-12(11)2)18(25)20-13(3)17-21-22-23-24(17)16-8-6-15(19)7-9-16/h4-10,13H,1-3H3,(H,20,25). The number of rotatable bonds is 4. The van der Waals surface area contributed by atoms with E-state index in [1.807, 2.05) is 63.2 Å². The molecule has 0 aliphatic heterocycles. The van der Waals surface area contributed by atoms with Gasteiger partial charge in [0.2, 0.25) is 0 Å². The Morgan fingerprint density at radius 2 is 1.84 bits per heavy atom. The predicted octanol–water partition coefficient (Wildman–Crippen LogP) is 3.53. The van der Waals surface area contributed by atoms with E-state index in [-0.39, 0.29) is 11.9 Å². The highest BCUT2D eigenvalue weighted by Crippen LogP contribution is 2.18. The van der Waals surface area contributed by atoms with Crippen LogP contribution in [0.3, 0.4) is 0 Å². The molecule has 1 aromatic heterocycles. The van der Waals surface area contributed by atoms with Crippen molar-refractivity contribution >= 4 is 21.8 Å².